The molecule has 2 aromatic rings. The Labute approximate surface area is 165 Å². The fourth-order valence-corrected chi connectivity index (χ4v) is 3.90. The van der Waals surface area contributed by atoms with Crippen LogP contribution in [0.3, 0.4) is 0 Å². The Morgan fingerprint density at radius 1 is 1.39 bits per heavy atom. The summed E-state index contributed by atoms with van der Waals surface area (Å²) in [6.45, 7) is 6.05. The van der Waals surface area contributed by atoms with Crippen LogP contribution in [0.1, 0.15) is 32.3 Å². The highest BCUT2D eigenvalue weighted by Crippen LogP contribution is 2.38. The molecular formula is C21H26N4O3. The van der Waals surface area contributed by atoms with Crippen molar-refractivity contribution in [2.45, 2.75) is 39.2 Å². The Balaban J connectivity index is 1.49. The van der Waals surface area contributed by atoms with E-state index in [0.29, 0.717) is 24.6 Å². The lowest BCUT2D eigenvalue weighted by molar-refractivity contribution is -0.120. The second-order valence-corrected chi connectivity index (χ2v) is 7.36. The Kier molecular flexibility index (Phi) is 5.32. The first-order chi connectivity index (χ1) is 13.6. The topological polar surface area (TPSA) is 76.6 Å². The van der Waals surface area contributed by atoms with Gasteiger partial charge in [0.2, 0.25) is 5.91 Å². The minimum Gasteiger partial charge on any atom is -0.492 e. The van der Waals surface area contributed by atoms with Crippen LogP contribution in [-0.4, -0.2) is 41.7 Å². The van der Waals surface area contributed by atoms with Gasteiger partial charge in [0.05, 0.1) is 24.4 Å². The number of hydrogen-bond acceptors (Lipinski definition) is 6. The highest BCUT2D eigenvalue weighted by molar-refractivity contribution is 5.95. The standard InChI is InChI=1S/C21H26N4O3/c1-3-27-19-10-16-9-14(2)28-18(16)11-17(19)24-21(26)15-5-4-8-25(13-15)20-12-22-6-7-23-20/h6-7,10-12,14-15H,3-5,8-9,13H2,1-2H3,(H,24,26)/t14-,15+/m1/s1. The molecule has 0 spiro atoms. The molecule has 7 heteroatoms. The van der Waals surface area contributed by atoms with E-state index in [1.165, 1.54) is 0 Å². The van der Waals surface area contributed by atoms with Gasteiger partial charge >= 0.3 is 0 Å². The first-order valence-electron chi connectivity index (χ1n) is 9.92. The Hall–Kier alpha value is -2.83. The van der Waals surface area contributed by atoms with Crippen LogP contribution in [0.5, 0.6) is 11.5 Å². The quantitative estimate of drug-likeness (QED) is 0.857. The van der Waals surface area contributed by atoms with E-state index in [2.05, 4.69) is 20.2 Å². The molecular weight excluding hydrogens is 356 g/mol. The summed E-state index contributed by atoms with van der Waals surface area (Å²) in [7, 11) is 0. The van der Waals surface area contributed by atoms with E-state index < -0.39 is 0 Å². The second kappa shape index (κ2) is 8.04. The van der Waals surface area contributed by atoms with E-state index in [1.54, 1.807) is 18.6 Å². The second-order valence-electron chi connectivity index (χ2n) is 7.36. The van der Waals surface area contributed by atoms with Crippen LogP contribution in [0.2, 0.25) is 0 Å². The molecule has 1 aromatic carbocycles. The maximum atomic E-state index is 13.0. The van der Waals surface area contributed by atoms with Gasteiger partial charge in [0, 0.05) is 43.5 Å². The Morgan fingerprint density at radius 2 is 2.29 bits per heavy atom. The van der Waals surface area contributed by atoms with Gasteiger partial charge in [-0.15, -0.1) is 0 Å². The maximum absolute atomic E-state index is 13.0. The van der Waals surface area contributed by atoms with Gasteiger partial charge in [0.25, 0.3) is 0 Å². The average molecular weight is 382 g/mol. The third-order valence-electron chi connectivity index (χ3n) is 5.22. The normalized spacial score (nSPS) is 21.0. The Morgan fingerprint density at radius 3 is 3.07 bits per heavy atom. The molecule has 148 valence electrons. The van der Waals surface area contributed by atoms with Crippen LogP contribution >= 0.6 is 0 Å². The molecule has 1 aromatic heterocycles. The van der Waals surface area contributed by atoms with E-state index in [4.69, 9.17) is 9.47 Å². The van der Waals surface area contributed by atoms with Crippen molar-refractivity contribution in [2.75, 3.05) is 29.9 Å². The SMILES string of the molecule is CCOc1cc2c(cc1NC(=O)[C@H]1CCCN(c3cnccn3)C1)O[C@H](C)C2. The van der Waals surface area contributed by atoms with E-state index in [-0.39, 0.29) is 17.9 Å². The molecule has 28 heavy (non-hydrogen) atoms. The van der Waals surface area contributed by atoms with Crippen molar-refractivity contribution in [3.8, 4) is 11.5 Å². The lowest BCUT2D eigenvalue weighted by Gasteiger charge is -2.32. The van der Waals surface area contributed by atoms with Crippen LogP contribution in [0.4, 0.5) is 11.5 Å². The maximum Gasteiger partial charge on any atom is 0.229 e. The van der Waals surface area contributed by atoms with Gasteiger partial charge in [0.15, 0.2) is 0 Å². The molecule has 2 atom stereocenters. The van der Waals surface area contributed by atoms with Crippen LogP contribution in [0.25, 0.3) is 0 Å². The first kappa shape index (κ1) is 18.5. The van der Waals surface area contributed by atoms with Crippen LogP contribution < -0.4 is 19.7 Å². The van der Waals surface area contributed by atoms with Crippen molar-refractivity contribution in [3.05, 3.63) is 36.3 Å². The number of hydrogen-bond donors (Lipinski definition) is 1. The predicted octanol–water partition coefficient (Wildman–Crippen LogP) is 3.05. The fourth-order valence-electron chi connectivity index (χ4n) is 3.90. The fraction of sp³-hybridized carbons (Fsp3) is 0.476. The number of anilines is 2. The van der Waals surface area contributed by atoms with Crippen molar-refractivity contribution in [1.29, 1.82) is 0 Å². The minimum absolute atomic E-state index is 0.000499. The minimum atomic E-state index is -0.113. The van der Waals surface area contributed by atoms with E-state index in [0.717, 1.165) is 42.9 Å². The number of amides is 1. The number of ether oxygens (including phenoxy) is 2. The molecule has 1 saturated heterocycles. The zero-order valence-corrected chi connectivity index (χ0v) is 16.4. The molecule has 2 aliphatic heterocycles. The average Bonchev–Trinajstić information content (AvgIpc) is 3.08. The highest BCUT2D eigenvalue weighted by Gasteiger charge is 2.28. The number of aromatic nitrogens is 2. The first-order valence-corrected chi connectivity index (χ1v) is 9.92. The molecule has 1 N–H and O–H groups in total. The molecule has 0 radical (unpaired) electrons. The number of nitrogens with one attached hydrogen (secondary N) is 1. The number of carbonyl (C=O) groups excluding carboxylic acids is 1. The number of benzene rings is 1. The summed E-state index contributed by atoms with van der Waals surface area (Å²) in [5, 5.41) is 3.07. The third-order valence-corrected chi connectivity index (χ3v) is 5.22. The Bertz CT molecular complexity index is 843. The summed E-state index contributed by atoms with van der Waals surface area (Å²) in [4.78, 5) is 23.6. The summed E-state index contributed by atoms with van der Waals surface area (Å²) in [5.74, 6) is 2.23. The monoisotopic (exact) mass is 382 g/mol. The number of piperidine rings is 1. The third kappa shape index (κ3) is 3.88. The molecule has 1 fully saturated rings. The van der Waals surface area contributed by atoms with E-state index in [9.17, 15) is 4.79 Å². The number of rotatable bonds is 5. The summed E-state index contributed by atoms with van der Waals surface area (Å²) in [6.07, 6.45) is 7.88. The molecule has 0 unspecified atom stereocenters. The molecule has 0 aliphatic carbocycles. The summed E-state index contributed by atoms with van der Waals surface area (Å²) >= 11 is 0. The predicted molar refractivity (Wildman–Crippen MR) is 107 cm³/mol. The van der Waals surface area contributed by atoms with Crippen LogP contribution in [-0.2, 0) is 11.2 Å². The van der Waals surface area contributed by atoms with Gasteiger partial charge < -0.3 is 19.7 Å². The lowest BCUT2D eigenvalue weighted by Crippen LogP contribution is -2.41. The molecule has 0 saturated carbocycles. The summed E-state index contributed by atoms with van der Waals surface area (Å²) in [5.41, 5.74) is 1.80. The smallest absolute Gasteiger partial charge is 0.229 e. The van der Waals surface area contributed by atoms with Crippen molar-refractivity contribution < 1.29 is 14.3 Å². The summed E-state index contributed by atoms with van der Waals surface area (Å²) in [6, 6.07) is 3.88. The van der Waals surface area contributed by atoms with Gasteiger partial charge in [-0.05, 0) is 32.8 Å². The zero-order chi connectivity index (χ0) is 19.5. The summed E-state index contributed by atoms with van der Waals surface area (Å²) < 4.78 is 11.6. The number of fused-ring (bicyclic) bond motifs is 1. The molecule has 0 bridgehead atoms. The van der Waals surface area contributed by atoms with Crippen molar-refractivity contribution in [2.24, 2.45) is 5.92 Å². The molecule has 4 rings (SSSR count). The lowest BCUT2D eigenvalue weighted by atomic mass is 9.97. The van der Waals surface area contributed by atoms with Gasteiger partial charge in [-0.3, -0.25) is 9.78 Å². The molecule has 3 heterocycles. The van der Waals surface area contributed by atoms with Crippen molar-refractivity contribution in [1.82, 2.24) is 9.97 Å². The van der Waals surface area contributed by atoms with Gasteiger partial charge in [-0.2, -0.15) is 0 Å². The number of carbonyl (C=O) groups is 1. The number of nitrogens with zero attached hydrogens (tertiary/aromatic N) is 3. The van der Waals surface area contributed by atoms with Crippen molar-refractivity contribution in [3.63, 3.8) is 0 Å². The van der Waals surface area contributed by atoms with E-state index in [1.807, 2.05) is 26.0 Å². The van der Waals surface area contributed by atoms with Gasteiger partial charge in [0.1, 0.15) is 23.4 Å². The zero-order valence-electron chi connectivity index (χ0n) is 16.4. The molecule has 2 aliphatic rings. The molecule has 7 nitrogen and oxygen atoms in total. The molecule has 1 amide bonds. The van der Waals surface area contributed by atoms with Gasteiger partial charge in [-0.1, -0.05) is 0 Å². The van der Waals surface area contributed by atoms with Gasteiger partial charge in [-0.25, -0.2) is 4.98 Å². The largest absolute Gasteiger partial charge is 0.492 e. The van der Waals surface area contributed by atoms with Crippen LogP contribution in [0, 0.1) is 5.92 Å². The highest BCUT2D eigenvalue weighted by atomic mass is 16.5. The van der Waals surface area contributed by atoms with Crippen LogP contribution in [0.15, 0.2) is 30.7 Å². The van der Waals surface area contributed by atoms with Crippen molar-refractivity contribution >= 4 is 17.4 Å². The van der Waals surface area contributed by atoms with E-state index >= 15 is 0 Å².